The number of rotatable bonds is 1. The van der Waals surface area contributed by atoms with Crippen molar-refractivity contribution >= 4 is 17.9 Å². The van der Waals surface area contributed by atoms with Crippen molar-refractivity contribution in [3.05, 3.63) is 28.3 Å². The van der Waals surface area contributed by atoms with Gasteiger partial charge >= 0.3 is 0 Å². The first-order valence-electron chi connectivity index (χ1n) is 4.71. The molecule has 0 spiro atoms. The molecule has 1 aromatic rings. The maximum absolute atomic E-state index is 10.6. The van der Waals surface area contributed by atoms with Crippen LogP contribution < -0.4 is 4.74 Å². The van der Waals surface area contributed by atoms with Gasteiger partial charge < -0.3 is 4.74 Å². The molecule has 14 heavy (non-hydrogen) atoms. The number of carbonyl (C=O) groups is 1. The monoisotopic (exact) mass is 210 g/mol. The zero-order valence-electron chi connectivity index (χ0n) is 7.75. The van der Waals surface area contributed by atoms with Gasteiger partial charge in [-0.1, -0.05) is 11.6 Å². The van der Waals surface area contributed by atoms with Crippen LogP contribution in [0.4, 0.5) is 0 Å². The van der Waals surface area contributed by atoms with Gasteiger partial charge in [0.05, 0.1) is 11.6 Å². The Bertz CT molecular complexity index is 361. The largest absolute Gasteiger partial charge is 0.492 e. The van der Waals surface area contributed by atoms with Gasteiger partial charge in [0.25, 0.3) is 0 Å². The predicted octanol–water partition coefficient (Wildman–Crippen LogP) is 2.87. The lowest BCUT2D eigenvalue weighted by Crippen LogP contribution is -1.96. The van der Waals surface area contributed by atoms with Crippen LogP contribution in [0.15, 0.2) is 12.1 Å². The minimum atomic E-state index is 0.548. The van der Waals surface area contributed by atoms with E-state index in [2.05, 4.69) is 0 Å². The van der Waals surface area contributed by atoms with E-state index in [9.17, 15) is 4.79 Å². The number of aldehydes is 1. The quantitative estimate of drug-likeness (QED) is 0.667. The molecule has 0 amide bonds. The number of benzene rings is 1. The second-order valence-electron chi connectivity index (χ2n) is 3.41. The summed E-state index contributed by atoms with van der Waals surface area (Å²) < 4.78 is 5.53. The summed E-state index contributed by atoms with van der Waals surface area (Å²) in [7, 11) is 0. The molecule has 0 aliphatic carbocycles. The van der Waals surface area contributed by atoms with E-state index in [4.69, 9.17) is 16.3 Å². The zero-order chi connectivity index (χ0) is 9.97. The van der Waals surface area contributed by atoms with Gasteiger partial charge in [-0.25, -0.2) is 0 Å². The van der Waals surface area contributed by atoms with Gasteiger partial charge in [-0.3, -0.25) is 4.79 Å². The molecule has 1 aliphatic heterocycles. The number of hydrogen-bond acceptors (Lipinski definition) is 2. The van der Waals surface area contributed by atoms with Gasteiger partial charge in [-0.2, -0.15) is 0 Å². The fraction of sp³-hybridized carbons (Fsp3) is 0.364. The first-order valence-corrected chi connectivity index (χ1v) is 5.09. The van der Waals surface area contributed by atoms with Crippen LogP contribution in [0.25, 0.3) is 0 Å². The third-order valence-corrected chi connectivity index (χ3v) is 2.65. The maximum atomic E-state index is 10.6. The van der Waals surface area contributed by atoms with E-state index >= 15 is 0 Å². The molecule has 0 fully saturated rings. The third-order valence-electron chi connectivity index (χ3n) is 2.37. The van der Waals surface area contributed by atoms with Crippen molar-refractivity contribution in [1.29, 1.82) is 0 Å². The summed E-state index contributed by atoms with van der Waals surface area (Å²) in [5, 5.41) is 0.548. The van der Waals surface area contributed by atoms with Crippen molar-refractivity contribution in [2.75, 3.05) is 6.61 Å². The number of hydrogen-bond donors (Lipinski definition) is 0. The summed E-state index contributed by atoms with van der Waals surface area (Å²) in [5.74, 6) is 0.759. The van der Waals surface area contributed by atoms with E-state index in [1.165, 1.54) is 0 Å². The SMILES string of the molecule is O=Cc1cc(Cl)c2c(c1)CCCCO2. The Balaban J connectivity index is 2.48. The lowest BCUT2D eigenvalue weighted by molar-refractivity contribution is 0.112. The first kappa shape index (κ1) is 9.53. The van der Waals surface area contributed by atoms with E-state index in [-0.39, 0.29) is 0 Å². The van der Waals surface area contributed by atoms with Crippen molar-refractivity contribution in [3.63, 3.8) is 0 Å². The molecule has 0 atom stereocenters. The average molecular weight is 211 g/mol. The molecular weight excluding hydrogens is 200 g/mol. The standard InChI is InChI=1S/C11H11ClO2/c12-10-6-8(7-13)5-9-3-1-2-4-14-11(9)10/h5-7H,1-4H2. The highest BCUT2D eigenvalue weighted by atomic mass is 35.5. The van der Waals surface area contributed by atoms with Crippen LogP contribution >= 0.6 is 11.6 Å². The molecule has 2 rings (SSSR count). The molecule has 1 heterocycles. The van der Waals surface area contributed by atoms with E-state index in [0.717, 1.165) is 36.9 Å². The van der Waals surface area contributed by atoms with Crippen molar-refractivity contribution in [2.24, 2.45) is 0 Å². The Morgan fingerprint density at radius 2 is 2.21 bits per heavy atom. The molecule has 0 radical (unpaired) electrons. The van der Waals surface area contributed by atoms with Crippen LogP contribution in [0.2, 0.25) is 5.02 Å². The Kier molecular flexibility index (Phi) is 2.73. The maximum Gasteiger partial charge on any atom is 0.150 e. The highest BCUT2D eigenvalue weighted by molar-refractivity contribution is 6.32. The van der Waals surface area contributed by atoms with Gasteiger partial charge in [-0.05, 0) is 37.0 Å². The van der Waals surface area contributed by atoms with Gasteiger partial charge in [0.15, 0.2) is 0 Å². The summed E-state index contributed by atoms with van der Waals surface area (Å²) in [6.45, 7) is 0.715. The second-order valence-corrected chi connectivity index (χ2v) is 3.82. The predicted molar refractivity (Wildman–Crippen MR) is 55.3 cm³/mol. The fourth-order valence-electron chi connectivity index (χ4n) is 1.68. The van der Waals surface area contributed by atoms with Crippen LogP contribution in [-0.4, -0.2) is 12.9 Å². The molecule has 0 saturated heterocycles. The smallest absolute Gasteiger partial charge is 0.150 e. The van der Waals surface area contributed by atoms with E-state index in [1.807, 2.05) is 6.07 Å². The summed E-state index contributed by atoms with van der Waals surface area (Å²) >= 11 is 6.01. The fourth-order valence-corrected chi connectivity index (χ4v) is 1.98. The molecule has 1 aromatic carbocycles. The van der Waals surface area contributed by atoms with Crippen LogP contribution in [0.5, 0.6) is 5.75 Å². The molecule has 0 bridgehead atoms. The van der Waals surface area contributed by atoms with Crippen LogP contribution in [0.3, 0.4) is 0 Å². The van der Waals surface area contributed by atoms with Gasteiger partial charge in [-0.15, -0.1) is 0 Å². The van der Waals surface area contributed by atoms with E-state index < -0.39 is 0 Å². The summed E-state index contributed by atoms with van der Waals surface area (Å²) in [6.07, 6.45) is 3.89. The van der Waals surface area contributed by atoms with E-state index in [1.54, 1.807) is 6.07 Å². The highest BCUT2D eigenvalue weighted by Crippen LogP contribution is 2.33. The van der Waals surface area contributed by atoms with Crippen molar-refractivity contribution in [1.82, 2.24) is 0 Å². The van der Waals surface area contributed by atoms with Gasteiger partial charge in [0.1, 0.15) is 12.0 Å². The lowest BCUT2D eigenvalue weighted by atomic mass is 10.1. The van der Waals surface area contributed by atoms with Gasteiger partial charge in [0, 0.05) is 5.56 Å². The normalized spacial score (nSPS) is 15.2. The Morgan fingerprint density at radius 1 is 1.36 bits per heavy atom. The number of ether oxygens (including phenoxy) is 1. The molecule has 0 aromatic heterocycles. The summed E-state index contributed by atoms with van der Waals surface area (Å²) in [5.41, 5.74) is 1.68. The first-order chi connectivity index (χ1) is 6.81. The molecule has 0 N–H and O–H groups in total. The topological polar surface area (TPSA) is 26.3 Å². The minimum absolute atomic E-state index is 0.548. The zero-order valence-corrected chi connectivity index (χ0v) is 8.51. The molecule has 2 nitrogen and oxygen atoms in total. The van der Waals surface area contributed by atoms with Crippen molar-refractivity contribution in [2.45, 2.75) is 19.3 Å². The Morgan fingerprint density at radius 3 is 3.00 bits per heavy atom. The molecule has 0 unspecified atom stereocenters. The molecular formula is C11H11ClO2. The third kappa shape index (κ3) is 1.75. The molecule has 1 aliphatic rings. The summed E-state index contributed by atoms with van der Waals surface area (Å²) in [6, 6.07) is 3.51. The van der Waals surface area contributed by atoms with Crippen molar-refractivity contribution in [3.8, 4) is 5.75 Å². The van der Waals surface area contributed by atoms with Crippen LogP contribution in [-0.2, 0) is 6.42 Å². The van der Waals surface area contributed by atoms with Crippen LogP contribution in [0.1, 0.15) is 28.8 Å². The minimum Gasteiger partial charge on any atom is -0.492 e. The Labute approximate surface area is 87.8 Å². The number of fused-ring (bicyclic) bond motifs is 1. The molecule has 3 heteroatoms. The number of carbonyl (C=O) groups excluding carboxylic acids is 1. The van der Waals surface area contributed by atoms with Crippen molar-refractivity contribution < 1.29 is 9.53 Å². The van der Waals surface area contributed by atoms with E-state index in [0.29, 0.717) is 17.2 Å². The summed E-state index contributed by atoms with van der Waals surface area (Å²) in [4.78, 5) is 10.6. The number of halogens is 1. The highest BCUT2D eigenvalue weighted by Gasteiger charge is 2.13. The van der Waals surface area contributed by atoms with Crippen LogP contribution in [0, 0.1) is 0 Å². The molecule has 74 valence electrons. The average Bonchev–Trinajstić information content (AvgIpc) is 2.42. The van der Waals surface area contributed by atoms with Gasteiger partial charge in [0.2, 0.25) is 0 Å². The second kappa shape index (κ2) is 4.01. The number of aryl methyl sites for hydroxylation is 1. The Hall–Kier alpha value is -1.02. The molecule has 0 saturated carbocycles. The lowest BCUT2D eigenvalue weighted by Gasteiger charge is -2.09.